The maximum Gasteiger partial charge on any atom is 0.244 e. The summed E-state index contributed by atoms with van der Waals surface area (Å²) in [5.74, 6) is 0.670. The fourth-order valence-corrected chi connectivity index (χ4v) is 6.11. The molecule has 0 saturated heterocycles. The summed E-state index contributed by atoms with van der Waals surface area (Å²) in [7, 11) is -2.11. The second-order valence-electron chi connectivity index (χ2n) is 7.89. The summed E-state index contributed by atoms with van der Waals surface area (Å²) in [4.78, 5) is 3.82. The Morgan fingerprint density at radius 3 is 2.45 bits per heavy atom. The van der Waals surface area contributed by atoms with Crippen molar-refractivity contribution in [3.63, 3.8) is 0 Å². The lowest BCUT2D eigenvalue weighted by atomic mass is 9.94. The zero-order chi connectivity index (χ0) is 21.6. The van der Waals surface area contributed by atoms with Crippen LogP contribution in [0.3, 0.4) is 0 Å². The predicted octanol–water partition coefficient (Wildman–Crippen LogP) is 4.82. The largest absolute Gasteiger partial charge is 0.496 e. The first kappa shape index (κ1) is 19.8. The highest BCUT2D eigenvalue weighted by atomic mass is 32.2. The Morgan fingerprint density at radius 2 is 1.68 bits per heavy atom. The first-order valence-corrected chi connectivity index (χ1v) is 11.8. The van der Waals surface area contributed by atoms with E-state index in [1.165, 1.54) is 5.56 Å². The Kier molecular flexibility index (Phi) is 4.84. The van der Waals surface area contributed by atoms with Crippen LogP contribution >= 0.6 is 0 Å². The number of aromatic nitrogens is 1. The molecule has 5 rings (SSSR count). The van der Waals surface area contributed by atoms with Crippen LogP contribution in [0, 0.1) is 6.92 Å². The van der Waals surface area contributed by atoms with Gasteiger partial charge in [0.25, 0.3) is 0 Å². The van der Waals surface area contributed by atoms with Crippen LogP contribution in [0.2, 0.25) is 0 Å². The first-order chi connectivity index (χ1) is 15.0. The molecule has 2 heterocycles. The van der Waals surface area contributed by atoms with Crippen LogP contribution in [0.1, 0.15) is 28.4 Å². The van der Waals surface area contributed by atoms with Gasteiger partial charge in [-0.2, -0.15) is 4.31 Å². The molecule has 0 fully saturated rings. The standard InChI is InChI=1S/C25H24N2O3S/c1-17-11-13-18(14-12-17)31(28,29)27-16-15-20-19-7-3-5-9-22(19)26-24(20)25(27)21-8-4-6-10-23(21)30-2/h3-14,25-26H,15-16H2,1-2H3. The number of fused-ring (bicyclic) bond motifs is 3. The topological polar surface area (TPSA) is 62.4 Å². The van der Waals surface area contributed by atoms with Gasteiger partial charge in [-0.1, -0.05) is 54.1 Å². The van der Waals surface area contributed by atoms with E-state index < -0.39 is 16.1 Å². The number of ether oxygens (including phenoxy) is 1. The molecule has 0 bridgehead atoms. The number of hydrogen-bond acceptors (Lipinski definition) is 3. The lowest BCUT2D eigenvalue weighted by Crippen LogP contribution is -2.40. The highest BCUT2D eigenvalue weighted by Crippen LogP contribution is 2.43. The molecule has 1 aromatic heterocycles. The van der Waals surface area contributed by atoms with Crippen LogP contribution < -0.4 is 4.74 Å². The van der Waals surface area contributed by atoms with Gasteiger partial charge >= 0.3 is 0 Å². The van der Waals surface area contributed by atoms with Gasteiger partial charge in [0.15, 0.2) is 0 Å². The van der Waals surface area contributed by atoms with Crippen LogP contribution in [-0.2, 0) is 16.4 Å². The molecule has 0 spiro atoms. The molecular formula is C25H24N2O3S. The average Bonchev–Trinajstić information content (AvgIpc) is 3.17. The van der Waals surface area contributed by atoms with Crippen molar-refractivity contribution in [1.82, 2.24) is 9.29 Å². The van der Waals surface area contributed by atoms with Gasteiger partial charge in [0.1, 0.15) is 5.75 Å². The summed E-state index contributed by atoms with van der Waals surface area (Å²) in [5.41, 5.74) is 4.95. The molecule has 6 heteroatoms. The first-order valence-electron chi connectivity index (χ1n) is 10.3. The summed E-state index contributed by atoms with van der Waals surface area (Å²) in [6, 6.07) is 22.3. The van der Waals surface area contributed by atoms with Gasteiger partial charge in [0.05, 0.1) is 18.0 Å². The molecule has 31 heavy (non-hydrogen) atoms. The maximum atomic E-state index is 13.8. The number of aryl methyl sites for hydroxylation is 1. The fourth-order valence-electron chi connectivity index (χ4n) is 4.53. The molecule has 1 aliphatic heterocycles. The number of nitrogens with zero attached hydrogens (tertiary/aromatic N) is 1. The second-order valence-corrected chi connectivity index (χ2v) is 9.78. The van der Waals surface area contributed by atoms with Gasteiger partial charge in [0, 0.05) is 28.7 Å². The van der Waals surface area contributed by atoms with Crippen molar-refractivity contribution in [2.45, 2.75) is 24.3 Å². The van der Waals surface area contributed by atoms with Crippen LogP contribution in [0.4, 0.5) is 0 Å². The van der Waals surface area contributed by atoms with Gasteiger partial charge < -0.3 is 9.72 Å². The van der Waals surface area contributed by atoms with Gasteiger partial charge in [0.2, 0.25) is 10.0 Å². The van der Waals surface area contributed by atoms with Crippen LogP contribution in [-0.4, -0.2) is 31.4 Å². The molecule has 158 valence electrons. The molecule has 1 unspecified atom stereocenters. The Morgan fingerprint density at radius 1 is 0.968 bits per heavy atom. The van der Waals surface area contributed by atoms with Crippen molar-refractivity contribution < 1.29 is 13.2 Å². The van der Waals surface area contributed by atoms with Crippen molar-refractivity contribution >= 4 is 20.9 Å². The van der Waals surface area contributed by atoms with Crippen molar-refractivity contribution in [2.24, 2.45) is 0 Å². The maximum absolute atomic E-state index is 13.8. The van der Waals surface area contributed by atoms with E-state index in [1.807, 2.05) is 61.5 Å². The Labute approximate surface area is 182 Å². The number of aromatic amines is 1. The van der Waals surface area contributed by atoms with E-state index in [0.29, 0.717) is 23.6 Å². The average molecular weight is 433 g/mol. The van der Waals surface area contributed by atoms with E-state index in [4.69, 9.17) is 4.74 Å². The zero-order valence-corrected chi connectivity index (χ0v) is 18.3. The van der Waals surface area contributed by atoms with E-state index in [2.05, 4.69) is 11.1 Å². The minimum atomic E-state index is -3.72. The number of nitrogens with one attached hydrogen (secondary N) is 1. The number of benzene rings is 3. The number of methoxy groups -OCH3 is 1. The van der Waals surface area contributed by atoms with Crippen LogP contribution in [0.5, 0.6) is 5.75 Å². The van der Waals surface area contributed by atoms with Crippen LogP contribution in [0.25, 0.3) is 10.9 Å². The molecule has 0 amide bonds. The number of rotatable bonds is 4. The fraction of sp³-hybridized carbons (Fsp3) is 0.200. The molecule has 0 aliphatic carbocycles. The van der Waals surface area contributed by atoms with E-state index in [-0.39, 0.29) is 0 Å². The lowest BCUT2D eigenvalue weighted by Gasteiger charge is -2.35. The Bertz CT molecular complexity index is 1360. The predicted molar refractivity (Wildman–Crippen MR) is 122 cm³/mol. The quantitative estimate of drug-likeness (QED) is 0.503. The smallest absolute Gasteiger partial charge is 0.244 e. The monoisotopic (exact) mass is 432 g/mol. The lowest BCUT2D eigenvalue weighted by molar-refractivity contribution is 0.327. The minimum absolute atomic E-state index is 0.303. The van der Waals surface area contributed by atoms with Crippen molar-refractivity contribution in [2.75, 3.05) is 13.7 Å². The molecular weight excluding hydrogens is 408 g/mol. The van der Waals surface area contributed by atoms with Gasteiger partial charge in [-0.05, 0) is 43.2 Å². The number of para-hydroxylation sites is 2. The van der Waals surface area contributed by atoms with Crippen LogP contribution in [0.15, 0.2) is 77.7 Å². The molecule has 0 saturated carbocycles. The summed E-state index contributed by atoms with van der Waals surface area (Å²) in [6.45, 7) is 2.35. The third-order valence-corrected chi connectivity index (χ3v) is 7.93. The van der Waals surface area contributed by atoms with Crippen molar-refractivity contribution in [3.05, 3.63) is 95.2 Å². The van der Waals surface area contributed by atoms with Gasteiger partial charge in [-0.25, -0.2) is 8.42 Å². The van der Waals surface area contributed by atoms with E-state index in [1.54, 1.807) is 23.5 Å². The third-order valence-electron chi connectivity index (χ3n) is 6.05. The van der Waals surface area contributed by atoms with E-state index in [0.717, 1.165) is 27.7 Å². The Hall–Kier alpha value is -3.09. The molecule has 1 N–H and O–H groups in total. The Balaban J connectivity index is 1.74. The minimum Gasteiger partial charge on any atom is -0.496 e. The summed E-state index contributed by atoms with van der Waals surface area (Å²) in [5, 5.41) is 1.14. The number of H-pyrrole nitrogens is 1. The van der Waals surface area contributed by atoms with Gasteiger partial charge in [-0.3, -0.25) is 0 Å². The highest BCUT2D eigenvalue weighted by Gasteiger charge is 2.40. The SMILES string of the molecule is COc1ccccc1C1c2[nH]c3ccccc3c2CCN1S(=O)(=O)c1ccc(C)cc1. The van der Waals surface area contributed by atoms with Crippen molar-refractivity contribution in [1.29, 1.82) is 0 Å². The normalized spacial score (nSPS) is 16.9. The molecule has 0 radical (unpaired) electrons. The number of hydrogen-bond donors (Lipinski definition) is 1. The summed E-state index contributed by atoms with van der Waals surface area (Å²) >= 11 is 0. The summed E-state index contributed by atoms with van der Waals surface area (Å²) < 4.78 is 34.8. The second kappa shape index (κ2) is 7.55. The zero-order valence-electron chi connectivity index (χ0n) is 17.5. The van der Waals surface area contributed by atoms with Gasteiger partial charge in [-0.15, -0.1) is 0 Å². The molecule has 4 aromatic rings. The molecule has 5 nitrogen and oxygen atoms in total. The molecule has 3 aromatic carbocycles. The molecule has 1 aliphatic rings. The van der Waals surface area contributed by atoms with E-state index in [9.17, 15) is 8.42 Å². The van der Waals surface area contributed by atoms with E-state index >= 15 is 0 Å². The number of sulfonamides is 1. The third kappa shape index (κ3) is 3.23. The molecule has 1 atom stereocenters. The summed E-state index contributed by atoms with van der Waals surface area (Å²) in [6.07, 6.45) is 0.649. The van der Waals surface area contributed by atoms with Crippen molar-refractivity contribution in [3.8, 4) is 5.75 Å². The highest BCUT2D eigenvalue weighted by molar-refractivity contribution is 7.89.